The Hall–Kier alpha value is -2.38. The summed E-state index contributed by atoms with van der Waals surface area (Å²) in [7, 11) is 0. The Morgan fingerprint density at radius 1 is 1.33 bits per heavy atom. The van der Waals surface area contributed by atoms with Gasteiger partial charge in [0.15, 0.2) is 6.10 Å². The molecular weight excluding hydrogens is 386 g/mol. The molecule has 6 nitrogen and oxygen atoms in total. The van der Waals surface area contributed by atoms with Crippen LogP contribution in [0.4, 0.5) is 0 Å². The molecule has 1 amide bonds. The second-order valence-electron chi connectivity index (χ2n) is 6.14. The first-order chi connectivity index (χ1) is 12.9. The van der Waals surface area contributed by atoms with E-state index in [9.17, 15) is 9.59 Å². The summed E-state index contributed by atoms with van der Waals surface area (Å²) in [4.78, 5) is 25.5. The van der Waals surface area contributed by atoms with Crippen LogP contribution in [0.1, 0.15) is 34.8 Å². The van der Waals surface area contributed by atoms with Crippen molar-refractivity contribution in [2.24, 2.45) is 0 Å². The maximum Gasteiger partial charge on any atom is 0.349 e. The van der Waals surface area contributed by atoms with Gasteiger partial charge in [-0.25, -0.2) is 4.79 Å². The Bertz CT molecular complexity index is 978. The zero-order valence-corrected chi connectivity index (χ0v) is 16.9. The summed E-state index contributed by atoms with van der Waals surface area (Å²) in [5.74, 6) is -0.815. The topological polar surface area (TPSA) is 73.2 Å². The molecule has 0 radical (unpaired) electrons. The number of thiophene rings is 1. The fraction of sp³-hybridized carbons (Fsp3) is 0.316. The van der Waals surface area contributed by atoms with Gasteiger partial charge in [-0.2, -0.15) is 5.10 Å². The van der Waals surface area contributed by atoms with Gasteiger partial charge in [0.2, 0.25) is 0 Å². The van der Waals surface area contributed by atoms with Crippen LogP contribution in [-0.4, -0.2) is 34.3 Å². The van der Waals surface area contributed by atoms with Crippen LogP contribution >= 0.6 is 22.9 Å². The van der Waals surface area contributed by atoms with Gasteiger partial charge >= 0.3 is 5.97 Å². The van der Waals surface area contributed by atoms with Crippen LogP contribution in [0, 0.1) is 6.92 Å². The second kappa shape index (κ2) is 8.10. The van der Waals surface area contributed by atoms with E-state index in [1.165, 1.54) is 11.3 Å². The number of hydrogen-bond acceptors (Lipinski definition) is 5. The number of halogens is 1. The molecule has 0 saturated carbocycles. The number of aromatic nitrogens is 2. The van der Waals surface area contributed by atoms with E-state index in [0.29, 0.717) is 23.0 Å². The number of nitrogens with one attached hydrogen (secondary N) is 1. The maximum atomic E-state index is 12.4. The minimum Gasteiger partial charge on any atom is -0.448 e. The molecule has 1 aromatic carbocycles. The standard InChI is InChI=1S/C19H20ClN3O3S/c1-4-21-17(24)12(3)26-19(25)16-9-15-11(2)22-23(18(15)27-16)10-13-5-7-14(20)8-6-13/h5-9,12H,4,10H2,1-3H3,(H,21,24)/t12-/m1/s1. The SMILES string of the molecule is CCNC(=O)[C@@H](C)OC(=O)c1cc2c(C)nn(Cc3ccc(Cl)cc3)c2s1. The lowest BCUT2D eigenvalue weighted by atomic mass is 10.2. The molecule has 0 aliphatic rings. The number of ether oxygens (including phenoxy) is 1. The first-order valence-electron chi connectivity index (χ1n) is 8.59. The zero-order valence-electron chi connectivity index (χ0n) is 15.3. The van der Waals surface area contributed by atoms with Crippen molar-refractivity contribution in [2.45, 2.75) is 33.4 Å². The molecule has 0 bridgehead atoms. The molecule has 3 rings (SSSR count). The number of fused-ring (bicyclic) bond motifs is 1. The summed E-state index contributed by atoms with van der Waals surface area (Å²) < 4.78 is 7.14. The third-order valence-corrected chi connectivity index (χ3v) is 5.44. The quantitative estimate of drug-likeness (QED) is 0.633. The Morgan fingerprint density at radius 2 is 2.04 bits per heavy atom. The van der Waals surface area contributed by atoms with Crippen LogP contribution in [0.5, 0.6) is 0 Å². The van der Waals surface area contributed by atoms with Gasteiger partial charge in [-0.05, 0) is 44.5 Å². The highest BCUT2D eigenvalue weighted by Gasteiger charge is 2.22. The lowest BCUT2D eigenvalue weighted by molar-refractivity contribution is -0.128. The predicted molar refractivity (Wildman–Crippen MR) is 106 cm³/mol. The Kier molecular flexibility index (Phi) is 5.82. The summed E-state index contributed by atoms with van der Waals surface area (Å²) in [6.45, 7) is 6.34. The normalized spacial score (nSPS) is 12.1. The highest BCUT2D eigenvalue weighted by molar-refractivity contribution is 7.20. The molecule has 8 heteroatoms. The van der Waals surface area contributed by atoms with E-state index in [1.807, 2.05) is 42.8 Å². The minimum atomic E-state index is -0.839. The first kappa shape index (κ1) is 19.4. The van der Waals surface area contributed by atoms with Crippen LogP contribution in [-0.2, 0) is 16.1 Å². The molecule has 0 aliphatic carbocycles. The van der Waals surface area contributed by atoms with Crippen LogP contribution < -0.4 is 5.32 Å². The van der Waals surface area contributed by atoms with Crippen molar-refractivity contribution in [3.63, 3.8) is 0 Å². The minimum absolute atomic E-state index is 0.308. The number of likely N-dealkylation sites (N-methyl/N-ethyl adjacent to an activating group) is 1. The fourth-order valence-corrected chi connectivity index (χ4v) is 3.84. The van der Waals surface area contributed by atoms with Gasteiger partial charge in [0.05, 0.1) is 12.2 Å². The van der Waals surface area contributed by atoms with E-state index in [1.54, 1.807) is 13.0 Å². The van der Waals surface area contributed by atoms with Crippen LogP contribution in [0.25, 0.3) is 10.2 Å². The number of aryl methyl sites for hydroxylation is 1. The third kappa shape index (κ3) is 4.31. The van der Waals surface area contributed by atoms with Crippen molar-refractivity contribution in [2.75, 3.05) is 6.54 Å². The van der Waals surface area contributed by atoms with Gasteiger partial charge in [0.1, 0.15) is 9.71 Å². The molecule has 1 atom stereocenters. The Balaban J connectivity index is 1.81. The molecule has 3 aromatic rings. The van der Waals surface area contributed by atoms with Crippen LogP contribution in [0.15, 0.2) is 30.3 Å². The smallest absolute Gasteiger partial charge is 0.349 e. The largest absolute Gasteiger partial charge is 0.448 e. The molecule has 0 saturated heterocycles. The summed E-state index contributed by atoms with van der Waals surface area (Å²) >= 11 is 7.25. The van der Waals surface area contributed by atoms with Crippen molar-refractivity contribution in [1.29, 1.82) is 0 Å². The van der Waals surface area contributed by atoms with Crippen molar-refractivity contribution in [3.8, 4) is 0 Å². The Morgan fingerprint density at radius 3 is 2.70 bits per heavy atom. The van der Waals surface area contributed by atoms with Crippen molar-refractivity contribution < 1.29 is 14.3 Å². The highest BCUT2D eigenvalue weighted by Crippen LogP contribution is 2.29. The van der Waals surface area contributed by atoms with Crippen molar-refractivity contribution in [1.82, 2.24) is 15.1 Å². The number of hydrogen-bond donors (Lipinski definition) is 1. The van der Waals surface area contributed by atoms with Crippen molar-refractivity contribution in [3.05, 3.63) is 51.5 Å². The molecule has 27 heavy (non-hydrogen) atoms. The van der Waals surface area contributed by atoms with Crippen molar-refractivity contribution >= 4 is 45.0 Å². The van der Waals surface area contributed by atoms with Gasteiger partial charge in [0.25, 0.3) is 5.91 Å². The summed E-state index contributed by atoms with van der Waals surface area (Å²) in [5.41, 5.74) is 1.90. The van der Waals surface area contributed by atoms with Gasteiger partial charge in [0, 0.05) is 17.0 Å². The number of esters is 1. The number of benzene rings is 1. The van der Waals surface area contributed by atoms with Gasteiger partial charge in [-0.1, -0.05) is 23.7 Å². The van der Waals surface area contributed by atoms with Gasteiger partial charge < -0.3 is 10.1 Å². The average molecular weight is 406 g/mol. The molecule has 2 heterocycles. The van der Waals surface area contributed by atoms with Gasteiger partial charge in [-0.15, -0.1) is 11.3 Å². The molecular formula is C19H20ClN3O3S. The van der Waals surface area contributed by atoms with Crippen LogP contribution in [0.2, 0.25) is 5.02 Å². The van der Waals surface area contributed by atoms with E-state index in [4.69, 9.17) is 16.3 Å². The molecule has 142 valence electrons. The first-order valence-corrected chi connectivity index (χ1v) is 9.78. The van der Waals surface area contributed by atoms with E-state index in [0.717, 1.165) is 21.5 Å². The predicted octanol–water partition coefficient (Wildman–Crippen LogP) is 3.79. The maximum absolute atomic E-state index is 12.4. The number of carbonyl (C=O) groups excluding carboxylic acids is 2. The molecule has 2 aromatic heterocycles. The van der Waals surface area contributed by atoms with E-state index < -0.39 is 12.1 Å². The Labute approximate surface area is 166 Å². The van der Waals surface area contributed by atoms with Gasteiger partial charge in [-0.3, -0.25) is 9.48 Å². The monoisotopic (exact) mass is 405 g/mol. The lowest BCUT2D eigenvalue weighted by Crippen LogP contribution is -2.35. The molecule has 0 fully saturated rings. The number of amides is 1. The summed E-state index contributed by atoms with van der Waals surface area (Å²) in [6.07, 6.45) is -0.839. The summed E-state index contributed by atoms with van der Waals surface area (Å²) in [5, 5.41) is 8.79. The van der Waals surface area contributed by atoms with E-state index >= 15 is 0 Å². The lowest BCUT2D eigenvalue weighted by Gasteiger charge is -2.11. The average Bonchev–Trinajstić information content (AvgIpc) is 3.19. The number of nitrogens with zero attached hydrogens (tertiary/aromatic N) is 2. The van der Waals surface area contributed by atoms with E-state index in [2.05, 4.69) is 10.4 Å². The number of carbonyl (C=O) groups is 2. The third-order valence-electron chi connectivity index (χ3n) is 4.06. The molecule has 0 unspecified atom stereocenters. The summed E-state index contributed by atoms with van der Waals surface area (Å²) in [6, 6.07) is 9.34. The molecule has 1 N–H and O–H groups in total. The fourth-order valence-electron chi connectivity index (χ4n) is 2.67. The van der Waals surface area contributed by atoms with E-state index in [-0.39, 0.29) is 5.91 Å². The zero-order chi connectivity index (χ0) is 19.6. The number of rotatable bonds is 6. The second-order valence-corrected chi connectivity index (χ2v) is 7.61. The highest BCUT2D eigenvalue weighted by atomic mass is 35.5. The van der Waals surface area contributed by atoms with Crippen LogP contribution in [0.3, 0.4) is 0 Å². The molecule has 0 spiro atoms. The molecule has 0 aliphatic heterocycles.